The van der Waals surface area contributed by atoms with Crippen LogP contribution in [0.25, 0.3) is 0 Å². The van der Waals surface area contributed by atoms with Gasteiger partial charge in [0, 0.05) is 6.26 Å². The van der Waals surface area contributed by atoms with E-state index in [4.69, 9.17) is 0 Å². The summed E-state index contributed by atoms with van der Waals surface area (Å²) in [6.45, 7) is 4.42. The molecule has 2 atom stereocenters. The molecule has 0 aliphatic rings. The van der Waals surface area contributed by atoms with E-state index in [-0.39, 0.29) is 11.2 Å². The monoisotopic (exact) mass is 179 g/mol. The summed E-state index contributed by atoms with van der Waals surface area (Å²) in [5.41, 5.74) is 0. The minimum atomic E-state index is -2.86. The van der Waals surface area contributed by atoms with Crippen molar-refractivity contribution in [3.05, 3.63) is 0 Å². The smallest absolute Gasteiger partial charge is 0.150 e. The SMILES string of the molecule is CNCC(C)C(C)S(C)(=O)=O. The second-order valence-electron chi connectivity index (χ2n) is 3.07. The zero-order valence-corrected chi connectivity index (χ0v) is 8.40. The Bertz CT molecular complexity index is 198. The third kappa shape index (κ3) is 3.72. The molecule has 0 aromatic carbocycles. The van der Waals surface area contributed by atoms with Crippen molar-refractivity contribution >= 4 is 9.84 Å². The van der Waals surface area contributed by atoms with Gasteiger partial charge < -0.3 is 5.32 Å². The lowest BCUT2D eigenvalue weighted by atomic mass is 10.1. The summed E-state index contributed by atoms with van der Waals surface area (Å²) < 4.78 is 22.0. The molecule has 0 fully saturated rings. The molecule has 0 rings (SSSR count). The standard InChI is InChI=1S/C7H17NO2S/c1-6(5-8-3)7(2)11(4,9)10/h6-8H,5H2,1-4H3. The van der Waals surface area contributed by atoms with Gasteiger partial charge in [-0.3, -0.25) is 0 Å². The lowest BCUT2D eigenvalue weighted by Crippen LogP contribution is -2.30. The number of hydrogen-bond donors (Lipinski definition) is 1. The van der Waals surface area contributed by atoms with Gasteiger partial charge in [-0.2, -0.15) is 0 Å². The Balaban J connectivity index is 4.14. The minimum absolute atomic E-state index is 0.176. The summed E-state index contributed by atoms with van der Waals surface area (Å²) in [6.07, 6.45) is 1.28. The van der Waals surface area contributed by atoms with Crippen LogP contribution in [0.2, 0.25) is 0 Å². The second-order valence-corrected chi connectivity index (χ2v) is 5.47. The van der Waals surface area contributed by atoms with E-state index in [1.807, 2.05) is 14.0 Å². The van der Waals surface area contributed by atoms with Gasteiger partial charge in [-0.05, 0) is 26.4 Å². The van der Waals surface area contributed by atoms with E-state index in [0.29, 0.717) is 0 Å². The first-order chi connectivity index (χ1) is 4.89. The van der Waals surface area contributed by atoms with Crippen molar-refractivity contribution in [3.8, 4) is 0 Å². The lowest BCUT2D eigenvalue weighted by molar-refractivity contribution is 0.505. The first-order valence-electron chi connectivity index (χ1n) is 3.73. The van der Waals surface area contributed by atoms with Gasteiger partial charge in [0.2, 0.25) is 0 Å². The van der Waals surface area contributed by atoms with Gasteiger partial charge in [-0.25, -0.2) is 8.42 Å². The Morgan fingerprint density at radius 1 is 1.36 bits per heavy atom. The molecule has 0 heterocycles. The largest absolute Gasteiger partial charge is 0.319 e. The Morgan fingerprint density at radius 3 is 2.09 bits per heavy atom. The number of rotatable bonds is 4. The second kappa shape index (κ2) is 4.07. The highest BCUT2D eigenvalue weighted by Gasteiger charge is 2.20. The van der Waals surface area contributed by atoms with Crippen molar-refractivity contribution in [1.29, 1.82) is 0 Å². The van der Waals surface area contributed by atoms with E-state index in [0.717, 1.165) is 6.54 Å². The normalized spacial score (nSPS) is 17.8. The number of sulfone groups is 1. The molecule has 0 amide bonds. The van der Waals surface area contributed by atoms with Gasteiger partial charge in [-0.1, -0.05) is 6.92 Å². The van der Waals surface area contributed by atoms with Gasteiger partial charge in [-0.15, -0.1) is 0 Å². The summed E-state index contributed by atoms with van der Waals surface area (Å²) >= 11 is 0. The molecule has 0 aromatic heterocycles. The molecule has 3 nitrogen and oxygen atoms in total. The third-order valence-electron chi connectivity index (χ3n) is 2.00. The fourth-order valence-corrected chi connectivity index (χ4v) is 1.85. The van der Waals surface area contributed by atoms with Crippen LogP contribution in [0.1, 0.15) is 13.8 Å². The topological polar surface area (TPSA) is 46.2 Å². The van der Waals surface area contributed by atoms with E-state index in [9.17, 15) is 8.42 Å². The fraction of sp³-hybridized carbons (Fsp3) is 1.00. The van der Waals surface area contributed by atoms with Crippen LogP contribution in [0.15, 0.2) is 0 Å². The van der Waals surface area contributed by atoms with E-state index in [1.165, 1.54) is 6.26 Å². The highest BCUT2D eigenvalue weighted by molar-refractivity contribution is 7.91. The predicted molar refractivity (Wildman–Crippen MR) is 47.4 cm³/mol. The first kappa shape index (κ1) is 10.9. The molecule has 2 unspecified atom stereocenters. The maximum atomic E-state index is 11.0. The van der Waals surface area contributed by atoms with Crippen LogP contribution in [-0.2, 0) is 9.84 Å². The molecule has 1 N–H and O–H groups in total. The molecule has 0 aromatic rings. The average Bonchev–Trinajstić information content (AvgIpc) is 1.85. The van der Waals surface area contributed by atoms with Crippen molar-refractivity contribution in [1.82, 2.24) is 5.32 Å². The Hall–Kier alpha value is -0.0900. The first-order valence-corrected chi connectivity index (χ1v) is 5.68. The maximum Gasteiger partial charge on any atom is 0.150 e. The molecule has 0 aliphatic heterocycles. The van der Waals surface area contributed by atoms with Crippen LogP contribution in [0.4, 0.5) is 0 Å². The molecule has 0 spiro atoms. The number of hydrogen-bond acceptors (Lipinski definition) is 3. The Morgan fingerprint density at radius 2 is 1.82 bits per heavy atom. The van der Waals surface area contributed by atoms with E-state index in [1.54, 1.807) is 6.92 Å². The third-order valence-corrected chi connectivity index (χ3v) is 3.82. The zero-order chi connectivity index (χ0) is 9.07. The van der Waals surface area contributed by atoms with Crippen molar-refractivity contribution in [2.45, 2.75) is 19.1 Å². The molecule has 0 aliphatic carbocycles. The van der Waals surface area contributed by atoms with Crippen molar-refractivity contribution < 1.29 is 8.42 Å². The van der Waals surface area contributed by atoms with Crippen LogP contribution in [-0.4, -0.2) is 33.5 Å². The summed E-state index contributed by atoms with van der Waals surface area (Å²) in [6, 6.07) is 0. The van der Waals surface area contributed by atoms with Crippen LogP contribution in [0.5, 0.6) is 0 Å². The minimum Gasteiger partial charge on any atom is -0.319 e. The van der Waals surface area contributed by atoms with Crippen molar-refractivity contribution in [3.63, 3.8) is 0 Å². The number of nitrogens with one attached hydrogen (secondary N) is 1. The van der Waals surface area contributed by atoms with Crippen molar-refractivity contribution in [2.24, 2.45) is 5.92 Å². The summed E-state index contributed by atoms with van der Waals surface area (Å²) in [7, 11) is -1.04. The molecular formula is C7H17NO2S. The van der Waals surface area contributed by atoms with Crippen LogP contribution in [0, 0.1) is 5.92 Å². The fourth-order valence-electron chi connectivity index (χ4n) is 0.910. The van der Waals surface area contributed by atoms with Gasteiger partial charge >= 0.3 is 0 Å². The van der Waals surface area contributed by atoms with Gasteiger partial charge in [0.15, 0.2) is 0 Å². The van der Waals surface area contributed by atoms with Gasteiger partial charge in [0.1, 0.15) is 9.84 Å². The summed E-state index contributed by atoms with van der Waals surface area (Å²) in [5.74, 6) is 0.176. The molecule has 0 bridgehead atoms. The van der Waals surface area contributed by atoms with Crippen LogP contribution in [0.3, 0.4) is 0 Å². The van der Waals surface area contributed by atoms with Gasteiger partial charge in [0.25, 0.3) is 0 Å². The van der Waals surface area contributed by atoms with E-state index < -0.39 is 9.84 Å². The zero-order valence-electron chi connectivity index (χ0n) is 7.59. The molecule has 0 radical (unpaired) electrons. The molecule has 11 heavy (non-hydrogen) atoms. The van der Waals surface area contributed by atoms with Crippen LogP contribution >= 0.6 is 0 Å². The Kier molecular flexibility index (Phi) is 4.03. The van der Waals surface area contributed by atoms with Crippen molar-refractivity contribution in [2.75, 3.05) is 19.8 Å². The molecule has 0 saturated carbocycles. The molecular weight excluding hydrogens is 162 g/mol. The molecule has 0 saturated heterocycles. The predicted octanol–water partition coefficient (Wildman–Crippen LogP) is 0.275. The van der Waals surface area contributed by atoms with Gasteiger partial charge in [0.05, 0.1) is 5.25 Å². The quantitative estimate of drug-likeness (QED) is 0.674. The average molecular weight is 179 g/mol. The highest BCUT2D eigenvalue weighted by Crippen LogP contribution is 2.09. The molecule has 68 valence electrons. The van der Waals surface area contributed by atoms with Crippen LogP contribution < -0.4 is 5.32 Å². The Labute approximate surface area is 69.1 Å². The van der Waals surface area contributed by atoms with E-state index >= 15 is 0 Å². The lowest BCUT2D eigenvalue weighted by Gasteiger charge is -2.17. The summed E-state index contributed by atoms with van der Waals surface area (Å²) in [5, 5.41) is 2.70. The maximum absolute atomic E-state index is 11.0. The van der Waals surface area contributed by atoms with E-state index in [2.05, 4.69) is 5.32 Å². The molecule has 4 heteroatoms. The summed E-state index contributed by atoms with van der Waals surface area (Å²) in [4.78, 5) is 0. The highest BCUT2D eigenvalue weighted by atomic mass is 32.2.